The first-order valence-corrected chi connectivity index (χ1v) is 7.37. The van der Waals surface area contributed by atoms with Gasteiger partial charge in [-0.15, -0.1) is 0 Å². The first-order chi connectivity index (χ1) is 8.99. The molecule has 0 N–H and O–H groups in total. The minimum absolute atomic E-state index is 0.140. The largest absolute Gasteiger partial charge is 0.367 e. The van der Waals surface area contributed by atoms with Crippen LogP contribution in [0.3, 0.4) is 0 Å². The summed E-state index contributed by atoms with van der Waals surface area (Å²) in [5.41, 5.74) is 4.52. The predicted molar refractivity (Wildman–Crippen MR) is 81.4 cm³/mol. The Bertz CT molecular complexity index is 457. The lowest BCUT2D eigenvalue weighted by molar-refractivity contribution is 0.320. The summed E-state index contributed by atoms with van der Waals surface area (Å²) in [6.45, 7) is 8.79. The Morgan fingerprint density at radius 2 is 2.00 bits per heavy atom. The Labute approximate surface area is 117 Å². The smallest absolute Gasteiger partial charge is 0.0892 e. The number of hydrogen-bond donors (Lipinski definition) is 0. The molecule has 1 aliphatic rings. The number of hydrogen-bond acceptors (Lipinski definition) is 1. The number of epoxide rings is 1. The van der Waals surface area contributed by atoms with E-state index in [-0.39, 0.29) is 5.60 Å². The van der Waals surface area contributed by atoms with Gasteiger partial charge in [0.2, 0.25) is 0 Å². The van der Waals surface area contributed by atoms with E-state index in [1.54, 1.807) is 0 Å². The molecule has 104 valence electrons. The van der Waals surface area contributed by atoms with Crippen molar-refractivity contribution in [3.05, 3.63) is 47.0 Å². The van der Waals surface area contributed by atoms with Gasteiger partial charge in [0, 0.05) is 0 Å². The van der Waals surface area contributed by atoms with Gasteiger partial charge in [0.15, 0.2) is 0 Å². The van der Waals surface area contributed by atoms with Crippen LogP contribution in [-0.2, 0) is 11.2 Å². The summed E-state index contributed by atoms with van der Waals surface area (Å²) in [6.07, 6.45) is 7.50. The molecular weight excluding hydrogens is 232 g/mol. The molecule has 0 spiro atoms. The van der Waals surface area contributed by atoms with Crippen molar-refractivity contribution in [2.45, 2.75) is 65.1 Å². The van der Waals surface area contributed by atoms with Crippen molar-refractivity contribution in [1.82, 2.24) is 0 Å². The Kier molecular flexibility index (Phi) is 4.46. The van der Waals surface area contributed by atoms with E-state index in [1.807, 2.05) is 0 Å². The summed E-state index contributed by atoms with van der Waals surface area (Å²) in [6, 6.07) is 8.67. The van der Waals surface area contributed by atoms with Crippen LogP contribution >= 0.6 is 0 Å². The van der Waals surface area contributed by atoms with Gasteiger partial charge in [-0.2, -0.15) is 0 Å². The molecule has 0 saturated carbocycles. The van der Waals surface area contributed by atoms with Crippen molar-refractivity contribution < 1.29 is 4.74 Å². The summed E-state index contributed by atoms with van der Waals surface area (Å²) < 4.78 is 5.62. The third kappa shape index (κ3) is 4.21. The average Bonchev–Trinajstić information content (AvgIpc) is 2.97. The maximum Gasteiger partial charge on any atom is 0.0892 e. The van der Waals surface area contributed by atoms with Crippen LogP contribution in [0.2, 0.25) is 0 Å². The van der Waals surface area contributed by atoms with Crippen LogP contribution in [0.25, 0.3) is 0 Å². The van der Waals surface area contributed by atoms with E-state index in [0.29, 0.717) is 6.10 Å². The maximum absolute atomic E-state index is 5.62. The van der Waals surface area contributed by atoms with Gasteiger partial charge < -0.3 is 4.74 Å². The number of aryl methyl sites for hydroxylation is 2. The number of rotatable bonds is 6. The lowest BCUT2D eigenvalue weighted by atomic mass is 10.0. The maximum atomic E-state index is 5.62. The second kappa shape index (κ2) is 5.92. The summed E-state index contributed by atoms with van der Waals surface area (Å²) in [5.74, 6) is 0. The number of benzene rings is 1. The van der Waals surface area contributed by atoms with Crippen molar-refractivity contribution in [1.29, 1.82) is 0 Å². The molecule has 0 aliphatic carbocycles. The van der Waals surface area contributed by atoms with Gasteiger partial charge >= 0.3 is 0 Å². The molecule has 19 heavy (non-hydrogen) atoms. The molecule has 0 bridgehead atoms. The first kappa shape index (κ1) is 14.3. The van der Waals surface area contributed by atoms with E-state index in [2.05, 4.69) is 58.0 Å². The first-order valence-electron chi connectivity index (χ1n) is 7.37. The highest BCUT2D eigenvalue weighted by atomic mass is 16.6. The van der Waals surface area contributed by atoms with Crippen molar-refractivity contribution >= 4 is 0 Å². The van der Waals surface area contributed by atoms with Crippen LogP contribution in [0.4, 0.5) is 0 Å². The van der Waals surface area contributed by atoms with Gasteiger partial charge in [-0.25, -0.2) is 0 Å². The van der Waals surface area contributed by atoms with E-state index >= 15 is 0 Å². The Morgan fingerprint density at radius 1 is 1.32 bits per heavy atom. The molecule has 1 aromatic carbocycles. The van der Waals surface area contributed by atoms with Crippen LogP contribution in [0.5, 0.6) is 0 Å². The Hall–Kier alpha value is -1.08. The topological polar surface area (TPSA) is 12.5 Å². The van der Waals surface area contributed by atoms with E-state index < -0.39 is 0 Å². The standard InChI is InChI=1S/C18H26O/c1-14(12-13-17-18(3,4)19-17)8-7-11-16-10-6-5-9-15(16)2/h5-6,8-10,17H,7,11-13H2,1-4H3/b14-8+/t17-/m0/s1. The second-order valence-corrected chi connectivity index (χ2v) is 6.26. The molecule has 1 nitrogen and oxygen atoms in total. The molecule has 0 aromatic heterocycles. The van der Waals surface area contributed by atoms with Gasteiger partial charge in [-0.3, -0.25) is 0 Å². The zero-order valence-corrected chi connectivity index (χ0v) is 12.7. The van der Waals surface area contributed by atoms with Gasteiger partial charge in [-0.05, 0) is 64.5 Å². The van der Waals surface area contributed by atoms with Crippen molar-refractivity contribution in [3.8, 4) is 0 Å². The minimum Gasteiger partial charge on any atom is -0.367 e. The fourth-order valence-corrected chi connectivity index (χ4v) is 2.56. The van der Waals surface area contributed by atoms with Crippen LogP contribution in [0, 0.1) is 6.92 Å². The molecular formula is C18H26O. The second-order valence-electron chi connectivity index (χ2n) is 6.26. The highest BCUT2D eigenvalue weighted by Crippen LogP contribution is 2.38. The lowest BCUT2D eigenvalue weighted by Gasteiger charge is -2.04. The number of allylic oxidation sites excluding steroid dienone is 2. The van der Waals surface area contributed by atoms with E-state index in [9.17, 15) is 0 Å². The summed E-state index contributed by atoms with van der Waals surface area (Å²) in [7, 11) is 0. The van der Waals surface area contributed by atoms with E-state index in [4.69, 9.17) is 4.74 Å². The quantitative estimate of drug-likeness (QED) is 0.526. The van der Waals surface area contributed by atoms with Crippen LogP contribution in [0.15, 0.2) is 35.9 Å². The zero-order chi connectivity index (χ0) is 13.9. The van der Waals surface area contributed by atoms with Gasteiger partial charge in [0.1, 0.15) is 0 Å². The van der Waals surface area contributed by atoms with Crippen LogP contribution < -0.4 is 0 Å². The monoisotopic (exact) mass is 258 g/mol. The summed E-state index contributed by atoms with van der Waals surface area (Å²) >= 11 is 0. The molecule has 0 unspecified atom stereocenters. The molecule has 0 amide bonds. The molecule has 0 radical (unpaired) electrons. The molecule has 1 fully saturated rings. The fourth-order valence-electron chi connectivity index (χ4n) is 2.56. The lowest BCUT2D eigenvalue weighted by Crippen LogP contribution is -2.02. The van der Waals surface area contributed by atoms with Crippen LogP contribution in [-0.4, -0.2) is 11.7 Å². The van der Waals surface area contributed by atoms with Crippen LogP contribution in [0.1, 0.15) is 51.2 Å². The molecule has 1 aliphatic heterocycles. The fraction of sp³-hybridized carbons (Fsp3) is 0.556. The molecule has 1 saturated heterocycles. The summed E-state index contributed by atoms with van der Waals surface area (Å²) in [5, 5.41) is 0. The molecule has 2 rings (SSSR count). The summed E-state index contributed by atoms with van der Waals surface area (Å²) in [4.78, 5) is 0. The highest BCUT2D eigenvalue weighted by molar-refractivity contribution is 5.26. The zero-order valence-electron chi connectivity index (χ0n) is 12.7. The normalized spacial score (nSPS) is 21.5. The van der Waals surface area contributed by atoms with Gasteiger partial charge in [0.05, 0.1) is 11.7 Å². The van der Waals surface area contributed by atoms with E-state index in [0.717, 1.165) is 12.8 Å². The van der Waals surface area contributed by atoms with Crippen molar-refractivity contribution in [2.24, 2.45) is 0 Å². The molecule has 1 aromatic rings. The average molecular weight is 258 g/mol. The third-order valence-electron chi connectivity index (χ3n) is 4.13. The van der Waals surface area contributed by atoms with Gasteiger partial charge in [-0.1, -0.05) is 35.9 Å². The molecule has 1 atom stereocenters. The predicted octanol–water partition coefficient (Wildman–Crippen LogP) is 4.83. The Morgan fingerprint density at radius 3 is 2.63 bits per heavy atom. The molecule has 1 heteroatoms. The Balaban J connectivity index is 1.72. The highest BCUT2D eigenvalue weighted by Gasteiger charge is 2.46. The molecule has 1 heterocycles. The van der Waals surface area contributed by atoms with Crippen molar-refractivity contribution in [2.75, 3.05) is 0 Å². The third-order valence-corrected chi connectivity index (χ3v) is 4.13. The SMILES string of the molecule is C/C(=C\CCc1ccccc1C)CC[C@@H]1OC1(C)C. The number of ether oxygens (including phenoxy) is 1. The van der Waals surface area contributed by atoms with E-state index in [1.165, 1.54) is 29.5 Å². The van der Waals surface area contributed by atoms with Crippen molar-refractivity contribution in [3.63, 3.8) is 0 Å². The minimum atomic E-state index is 0.140. The van der Waals surface area contributed by atoms with Gasteiger partial charge in [0.25, 0.3) is 0 Å².